The first-order valence-electron chi connectivity index (χ1n) is 23.5. The van der Waals surface area contributed by atoms with E-state index in [-0.39, 0.29) is 50.1 Å². The number of unbranched alkanes of at least 4 members (excludes halogenated alkanes) is 1. The number of carbonyl (C=O) groups excluding carboxylic acids is 3. The van der Waals surface area contributed by atoms with Gasteiger partial charge in [0, 0.05) is 97.5 Å². The van der Waals surface area contributed by atoms with Crippen molar-refractivity contribution in [1.29, 1.82) is 0 Å². The molecule has 0 spiro atoms. The van der Waals surface area contributed by atoms with Crippen molar-refractivity contribution >= 4 is 55.7 Å². The van der Waals surface area contributed by atoms with Crippen LogP contribution in [0.15, 0.2) is 119 Å². The summed E-state index contributed by atoms with van der Waals surface area (Å²) in [5, 5.41) is 7.00. The number of anilines is 1. The molecule has 70 heavy (non-hydrogen) atoms. The van der Waals surface area contributed by atoms with Crippen LogP contribution in [0, 0.1) is 0 Å². The molecule has 2 atom stereocenters. The van der Waals surface area contributed by atoms with E-state index in [1.54, 1.807) is 35.4 Å². The summed E-state index contributed by atoms with van der Waals surface area (Å²) < 4.78 is 75.3. The molecule has 4 N–H and O–H groups in total. The van der Waals surface area contributed by atoms with Gasteiger partial charge in [-0.1, -0.05) is 55.1 Å². The number of ether oxygens (including phenoxy) is 1. The largest absolute Gasteiger partial charge is 0.456 e. The monoisotopic (exact) mass is 992 g/mol. The van der Waals surface area contributed by atoms with Gasteiger partial charge in [-0.25, -0.2) is 17.7 Å². The van der Waals surface area contributed by atoms with Gasteiger partial charge in [-0.05, 0) is 87.3 Å². The zero-order chi connectivity index (χ0) is 50.2. The number of nitrogens with one attached hydrogen (secondary N) is 3. The van der Waals surface area contributed by atoms with Crippen molar-refractivity contribution in [2.45, 2.75) is 67.8 Å². The first kappa shape index (κ1) is 51.4. The lowest BCUT2D eigenvalue weighted by Crippen LogP contribution is -2.57. The number of pyridine rings is 1. The molecule has 0 aliphatic carbocycles. The molecule has 1 fully saturated rings. The Hall–Kier alpha value is -6.44. The molecule has 18 heteroatoms. The Kier molecular flexibility index (Phi) is 16.6. The molecular formula is C52H62N7O9S2+. The molecule has 7 rings (SSSR count). The average molecular weight is 993 g/mol. The number of benzene rings is 4. The number of piperazine rings is 1. The summed E-state index contributed by atoms with van der Waals surface area (Å²) in [5.74, 6) is -0.296. The van der Waals surface area contributed by atoms with Gasteiger partial charge >= 0.3 is 0 Å². The van der Waals surface area contributed by atoms with Gasteiger partial charge in [0.05, 0.1) is 11.3 Å². The van der Waals surface area contributed by atoms with Crippen molar-refractivity contribution in [3.05, 3.63) is 142 Å². The van der Waals surface area contributed by atoms with Crippen LogP contribution in [-0.4, -0.2) is 114 Å². The standard InChI is InChI=1S/C52H61N7O9S2/c1-6-58(7-2)39-19-22-42-47(33-39)68-46-30-36(3)18-21-41(46)50(42)43-23-20-40(34-48(43)70(65,66)67)69(63,64)53-24-12-11-17-44(54-49(60)32-38-16-13-25-57(5)35-38)51(61)55-45(31-37-14-9-8-10-15-37)52(62)59-28-26-56(4)27-29-59/h8-10,13-16,18-23,25,30,33-35,44-45,53H,3,6-7,11-12,17,24,26-29,31-32H2,1-2,4-5H3,(H2-,54,55,60,61,65,66,67)/p+1. The van der Waals surface area contributed by atoms with Gasteiger partial charge in [0.1, 0.15) is 35.5 Å². The minimum absolute atomic E-state index is 0.00292. The van der Waals surface area contributed by atoms with Crippen molar-refractivity contribution < 1.29 is 45.1 Å². The zero-order valence-corrected chi connectivity index (χ0v) is 41.7. The van der Waals surface area contributed by atoms with Crippen LogP contribution < -0.4 is 40.0 Å². The van der Waals surface area contributed by atoms with E-state index in [1.165, 1.54) is 12.1 Å². The lowest BCUT2D eigenvalue weighted by Gasteiger charge is -2.35. The normalized spacial score (nSPS) is 14.7. The maximum absolute atomic E-state index is 14.2. The maximum atomic E-state index is 14.2. The summed E-state index contributed by atoms with van der Waals surface area (Å²) in [7, 11) is -5.53. The van der Waals surface area contributed by atoms with Gasteiger partial charge in [-0.3, -0.25) is 18.9 Å². The number of nitrogens with zero attached hydrogens (tertiary/aromatic N) is 4. The number of aryl methyl sites for hydroxylation is 1. The number of hydrogen-bond donors (Lipinski definition) is 4. The molecule has 3 heterocycles. The fourth-order valence-electron chi connectivity index (χ4n) is 8.88. The third kappa shape index (κ3) is 12.7. The summed E-state index contributed by atoms with van der Waals surface area (Å²) in [4.78, 5) is 46.7. The Balaban J connectivity index is 1.09. The Morgan fingerprint density at radius 2 is 1.53 bits per heavy atom. The molecule has 0 radical (unpaired) electrons. The minimum Gasteiger partial charge on any atom is -0.456 e. The van der Waals surface area contributed by atoms with Gasteiger partial charge in [0.15, 0.2) is 12.4 Å². The van der Waals surface area contributed by atoms with Gasteiger partial charge in [-0.2, -0.15) is 8.42 Å². The highest BCUT2D eigenvalue weighted by molar-refractivity contribution is 7.89. The number of rotatable bonds is 20. The molecule has 1 saturated heterocycles. The van der Waals surface area contributed by atoms with Gasteiger partial charge in [0.25, 0.3) is 10.1 Å². The first-order valence-corrected chi connectivity index (χ1v) is 26.4. The van der Waals surface area contributed by atoms with Crippen molar-refractivity contribution in [3.8, 4) is 11.5 Å². The maximum Gasteiger partial charge on any atom is 0.295 e. The molecular weight excluding hydrogens is 931 g/mol. The molecule has 1 aromatic heterocycles. The number of amides is 3. The van der Waals surface area contributed by atoms with Crippen LogP contribution in [0.1, 0.15) is 55.4 Å². The molecule has 2 aliphatic heterocycles. The van der Waals surface area contributed by atoms with Gasteiger partial charge < -0.3 is 30.1 Å². The van der Waals surface area contributed by atoms with Crippen LogP contribution in [0.2, 0.25) is 0 Å². The molecule has 3 amide bonds. The fraction of sp³-hybridized carbons (Fsp3) is 0.346. The minimum atomic E-state index is -5.00. The third-order valence-corrected chi connectivity index (χ3v) is 15.0. The second-order valence-corrected chi connectivity index (χ2v) is 20.9. The van der Waals surface area contributed by atoms with Crippen LogP contribution >= 0.6 is 0 Å². The van der Waals surface area contributed by atoms with E-state index in [0.29, 0.717) is 59.3 Å². The average Bonchev–Trinajstić information content (AvgIpc) is 3.32. The Labute approximate surface area is 410 Å². The molecule has 4 aromatic carbocycles. The highest BCUT2D eigenvalue weighted by Crippen LogP contribution is 2.40. The summed E-state index contributed by atoms with van der Waals surface area (Å²) in [6.07, 6.45) is 4.49. The second kappa shape index (κ2) is 22.5. The van der Waals surface area contributed by atoms with Crippen LogP contribution in [0.3, 0.4) is 0 Å². The predicted octanol–water partition coefficient (Wildman–Crippen LogP) is 3.04. The molecule has 0 saturated carbocycles. The van der Waals surface area contributed by atoms with Crippen LogP contribution in [0.5, 0.6) is 11.5 Å². The number of aromatic nitrogens is 1. The quantitative estimate of drug-likeness (QED) is 0.0499. The van der Waals surface area contributed by atoms with E-state index in [0.717, 1.165) is 36.0 Å². The lowest BCUT2D eigenvalue weighted by molar-refractivity contribution is -0.671. The highest BCUT2D eigenvalue weighted by atomic mass is 32.2. The number of hydrogen-bond acceptors (Lipinski definition) is 10. The van der Waals surface area contributed by atoms with Gasteiger partial charge in [0.2, 0.25) is 27.7 Å². The highest BCUT2D eigenvalue weighted by Gasteiger charge is 2.32. The Morgan fingerprint density at radius 1 is 0.814 bits per heavy atom. The zero-order valence-electron chi connectivity index (χ0n) is 40.1. The fourth-order valence-corrected chi connectivity index (χ4v) is 10.8. The van der Waals surface area contributed by atoms with E-state index >= 15 is 0 Å². The van der Waals surface area contributed by atoms with E-state index in [4.69, 9.17) is 4.74 Å². The summed E-state index contributed by atoms with van der Waals surface area (Å²) >= 11 is 0. The van der Waals surface area contributed by atoms with E-state index in [1.807, 2.05) is 93.3 Å². The number of likely N-dealkylation sites (N-methyl/N-ethyl adjacent to an activating group) is 1. The van der Waals surface area contributed by atoms with Crippen molar-refractivity contribution in [3.63, 3.8) is 0 Å². The molecule has 16 nitrogen and oxygen atoms in total. The molecule has 5 aromatic rings. The van der Waals surface area contributed by atoms with Crippen molar-refractivity contribution in [2.24, 2.45) is 7.05 Å². The van der Waals surface area contributed by atoms with Crippen LogP contribution in [-0.2, 0) is 54.4 Å². The Bertz CT molecular complexity index is 3070. The van der Waals surface area contributed by atoms with Gasteiger partial charge in [-0.15, -0.1) is 0 Å². The van der Waals surface area contributed by atoms with Crippen molar-refractivity contribution in [2.75, 3.05) is 57.8 Å². The topological polar surface area (TPSA) is 199 Å². The van der Waals surface area contributed by atoms with E-state index in [9.17, 15) is 35.8 Å². The third-order valence-electron chi connectivity index (χ3n) is 12.7. The molecule has 2 unspecified atom stereocenters. The smallest absolute Gasteiger partial charge is 0.295 e. The lowest BCUT2D eigenvalue weighted by atomic mass is 9.92. The van der Waals surface area contributed by atoms with Crippen molar-refractivity contribution in [1.82, 2.24) is 25.2 Å². The number of carbonyl (C=O) groups is 3. The summed E-state index contributed by atoms with van der Waals surface area (Å²) in [6.45, 7) is 11.9. The molecule has 370 valence electrons. The van der Waals surface area contributed by atoms with E-state index in [2.05, 4.69) is 31.7 Å². The number of fused-ring (bicyclic) bond motifs is 2. The molecule has 0 bridgehead atoms. The number of sulfonamides is 1. The first-order chi connectivity index (χ1) is 33.4. The predicted molar refractivity (Wildman–Crippen MR) is 268 cm³/mol. The summed E-state index contributed by atoms with van der Waals surface area (Å²) in [6, 6.07) is 25.4. The van der Waals surface area contributed by atoms with Crippen LogP contribution in [0.4, 0.5) is 5.69 Å². The second-order valence-electron chi connectivity index (χ2n) is 17.7. The molecule has 2 aliphatic rings. The van der Waals surface area contributed by atoms with E-state index < -0.39 is 53.8 Å². The summed E-state index contributed by atoms with van der Waals surface area (Å²) in [5.41, 5.74) is 3.51. The SMILES string of the molecule is C=c1ccc2c(c1)Oc1cc(N(CC)CC)ccc1C=2c1ccc(S(=O)(=O)NCCCCC(NC(=O)Cc2ccc[n+](C)c2)C(=O)NC(Cc2ccccc2)C(=O)N2CCN(C)CC2)cc1S(=O)(=O)O. The van der Waals surface area contributed by atoms with Crippen LogP contribution in [0.25, 0.3) is 12.2 Å². The Morgan fingerprint density at radius 3 is 2.23 bits per heavy atom.